The highest BCUT2D eigenvalue weighted by molar-refractivity contribution is 5.85. The van der Waals surface area contributed by atoms with Crippen LogP contribution in [0.25, 0.3) is 0 Å². The summed E-state index contributed by atoms with van der Waals surface area (Å²) in [6, 6.07) is 0. The lowest BCUT2D eigenvalue weighted by Gasteiger charge is -2.24. The fourth-order valence-electron chi connectivity index (χ4n) is 2.99. The third kappa shape index (κ3) is 3.56. The molecule has 0 saturated heterocycles. The maximum atomic E-state index is 12.1. The molecule has 106 valence electrons. The molecule has 2 unspecified atom stereocenters. The lowest BCUT2D eigenvalue weighted by molar-refractivity contribution is -0.147. The Morgan fingerprint density at radius 3 is 2.42 bits per heavy atom. The summed E-state index contributed by atoms with van der Waals surface area (Å²) in [6.45, 7) is 0.544. The molecule has 19 heavy (non-hydrogen) atoms. The largest absolute Gasteiger partial charge is 0.481 e. The van der Waals surface area contributed by atoms with Gasteiger partial charge in [-0.25, -0.2) is 0 Å². The predicted molar refractivity (Wildman–Crippen MR) is 69.3 cm³/mol. The van der Waals surface area contributed by atoms with Gasteiger partial charge >= 0.3 is 5.97 Å². The summed E-state index contributed by atoms with van der Waals surface area (Å²) in [5.74, 6) is -1.83. The van der Waals surface area contributed by atoms with E-state index in [1.54, 1.807) is 0 Å². The number of aliphatic hydroxyl groups is 1. The van der Waals surface area contributed by atoms with Crippen LogP contribution in [0.1, 0.15) is 32.1 Å². The number of allylic oxidation sites excluding steroid dienone is 2. The minimum absolute atomic E-state index is 0.168. The fraction of sp³-hybridized carbons (Fsp3) is 0.714. The number of rotatable bonds is 4. The first-order valence-corrected chi connectivity index (χ1v) is 6.91. The molecule has 0 aromatic carbocycles. The van der Waals surface area contributed by atoms with Gasteiger partial charge in [0.1, 0.15) is 0 Å². The van der Waals surface area contributed by atoms with E-state index in [1.165, 1.54) is 0 Å². The van der Waals surface area contributed by atoms with Crippen LogP contribution in [-0.4, -0.2) is 34.7 Å². The van der Waals surface area contributed by atoms with Gasteiger partial charge in [0.05, 0.1) is 17.9 Å². The molecule has 0 aromatic heterocycles. The molecule has 2 aliphatic carbocycles. The van der Waals surface area contributed by atoms with Crippen molar-refractivity contribution >= 4 is 11.9 Å². The topological polar surface area (TPSA) is 86.6 Å². The number of carbonyl (C=O) groups is 2. The quantitative estimate of drug-likeness (QED) is 0.661. The summed E-state index contributed by atoms with van der Waals surface area (Å²) >= 11 is 0. The molecule has 2 rings (SSSR count). The van der Waals surface area contributed by atoms with Crippen LogP contribution >= 0.6 is 0 Å². The second kappa shape index (κ2) is 6.19. The van der Waals surface area contributed by atoms with Crippen LogP contribution in [0, 0.1) is 17.8 Å². The molecule has 0 aliphatic heterocycles. The lowest BCUT2D eigenvalue weighted by Crippen LogP contribution is -2.40. The van der Waals surface area contributed by atoms with E-state index in [4.69, 9.17) is 5.11 Å². The van der Waals surface area contributed by atoms with Crippen molar-refractivity contribution in [3.05, 3.63) is 12.2 Å². The van der Waals surface area contributed by atoms with Crippen molar-refractivity contribution in [1.82, 2.24) is 5.32 Å². The number of aliphatic carboxylic acids is 1. The van der Waals surface area contributed by atoms with E-state index >= 15 is 0 Å². The second-order valence-electron chi connectivity index (χ2n) is 5.57. The van der Waals surface area contributed by atoms with Crippen molar-refractivity contribution < 1.29 is 19.8 Å². The molecule has 0 radical (unpaired) electrons. The Morgan fingerprint density at radius 2 is 1.84 bits per heavy atom. The average molecular weight is 267 g/mol. The summed E-state index contributed by atoms with van der Waals surface area (Å²) in [7, 11) is 0. The Hall–Kier alpha value is -1.36. The van der Waals surface area contributed by atoms with E-state index in [1.807, 2.05) is 12.2 Å². The van der Waals surface area contributed by atoms with Gasteiger partial charge in [0.2, 0.25) is 5.91 Å². The normalized spacial score (nSPS) is 34.2. The van der Waals surface area contributed by atoms with E-state index in [0.717, 1.165) is 19.3 Å². The van der Waals surface area contributed by atoms with Crippen LogP contribution in [-0.2, 0) is 9.59 Å². The standard InChI is InChI=1S/C14H21NO4/c16-10-6-5-9(7-10)8-15-13(17)11-3-1-2-4-12(11)14(18)19/h1-2,9-12,16H,3-8H2,(H,15,17)(H,18,19)/t9?,10?,11-,12+/m1/s1. The Kier molecular flexibility index (Phi) is 4.58. The number of aliphatic hydroxyl groups excluding tert-OH is 1. The van der Waals surface area contributed by atoms with Crippen LogP contribution in [0.2, 0.25) is 0 Å². The predicted octanol–water partition coefficient (Wildman–Crippen LogP) is 0.931. The first-order chi connectivity index (χ1) is 9.08. The molecule has 1 saturated carbocycles. The SMILES string of the molecule is O=C(O)[C@H]1CC=CC[C@H]1C(=O)NCC1CCC(O)C1. The summed E-state index contributed by atoms with van der Waals surface area (Å²) < 4.78 is 0. The maximum absolute atomic E-state index is 12.1. The molecule has 2 aliphatic rings. The second-order valence-corrected chi connectivity index (χ2v) is 5.57. The molecule has 0 bridgehead atoms. The van der Waals surface area contributed by atoms with Gasteiger partial charge in [-0.15, -0.1) is 0 Å². The van der Waals surface area contributed by atoms with Gasteiger partial charge in [-0.2, -0.15) is 0 Å². The minimum Gasteiger partial charge on any atom is -0.481 e. The Morgan fingerprint density at radius 1 is 1.16 bits per heavy atom. The van der Waals surface area contributed by atoms with Crippen molar-refractivity contribution in [3.8, 4) is 0 Å². The van der Waals surface area contributed by atoms with E-state index in [2.05, 4.69) is 5.32 Å². The fourth-order valence-corrected chi connectivity index (χ4v) is 2.99. The summed E-state index contributed by atoms with van der Waals surface area (Å²) in [4.78, 5) is 23.2. The van der Waals surface area contributed by atoms with Crippen LogP contribution in [0.15, 0.2) is 12.2 Å². The highest BCUT2D eigenvalue weighted by Gasteiger charge is 2.34. The van der Waals surface area contributed by atoms with Crippen molar-refractivity contribution in [2.45, 2.75) is 38.2 Å². The van der Waals surface area contributed by atoms with E-state index < -0.39 is 17.8 Å². The molecule has 5 nitrogen and oxygen atoms in total. The van der Waals surface area contributed by atoms with Gasteiger partial charge in [-0.05, 0) is 38.0 Å². The molecule has 1 amide bonds. The Balaban J connectivity index is 1.84. The molecule has 5 heteroatoms. The third-order valence-corrected chi connectivity index (χ3v) is 4.16. The minimum atomic E-state index is -0.902. The summed E-state index contributed by atoms with van der Waals surface area (Å²) in [5.41, 5.74) is 0. The van der Waals surface area contributed by atoms with E-state index in [9.17, 15) is 14.7 Å². The van der Waals surface area contributed by atoms with Crippen LogP contribution in [0.3, 0.4) is 0 Å². The number of amides is 1. The van der Waals surface area contributed by atoms with Crippen molar-refractivity contribution in [3.63, 3.8) is 0 Å². The van der Waals surface area contributed by atoms with Crippen LogP contribution in [0.5, 0.6) is 0 Å². The average Bonchev–Trinajstić information content (AvgIpc) is 2.81. The number of carbonyl (C=O) groups excluding carboxylic acids is 1. The van der Waals surface area contributed by atoms with Gasteiger partial charge < -0.3 is 15.5 Å². The van der Waals surface area contributed by atoms with Crippen molar-refractivity contribution in [2.75, 3.05) is 6.54 Å². The number of nitrogens with one attached hydrogen (secondary N) is 1. The highest BCUT2D eigenvalue weighted by atomic mass is 16.4. The summed E-state index contributed by atoms with van der Waals surface area (Å²) in [5, 5.41) is 21.4. The number of carboxylic acids is 1. The molecule has 0 aromatic rings. The number of hydrogen-bond donors (Lipinski definition) is 3. The first-order valence-electron chi connectivity index (χ1n) is 6.91. The van der Waals surface area contributed by atoms with Gasteiger partial charge in [-0.1, -0.05) is 12.2 Å². The third-order valence-electron chi connectivity index (χ3n) is 4.16. The molecule has 0 spiro atoms. The molecular weight excluding hydrogens is 246 g/mol. The molecular formula is C14H21NO4. The van der Waals surface area contributed by atoms with Crippen LogP contribution < -0.4 is 5.32 Å². The number of hydrogen-bond acceptors (Lipinski definition) is 3. The number of carboxylic acid groups (broad SMARTS) is 1. The summed E-state index contributed by atoms with van der Waals surface area (Å²) in [6.07, 6.45) is 6.84. The van der Waals surface area contributed by atoms with Gasteiger partial charge in [0.15, 0.2) is 0 Å². The first kappa shape index (κ1) is 14.1. The van der Waals surface area contributed by atoms with E-state index in [0.29, 0.717) is 25.3 Å². The van der Waals surface area contributed by atoms with Gasteiger partial charge in [0.25, 0.3) is 0 Å². The van der Waals surface area contributed by atoms with Crippen molar-refractivity contribution in [1.29, 1.82) is 0 Å². The smallest absolute Gasteiger partial charge is 0.307 e. The monoisotopic (exact) mass is 267 g/mol. The Bertz CT molecular complexity index is 380. The van der Waals surface area contributed by atoms with Gasteiger partial charge in [0, 0.05) is 6.54 Å². The zero-order chi connectivity index (χ0) is 13.8. The molecule has 0 heterocycles. The zero-order valence-corrected chi connectivity index (χ0v) is 10.9. The Labute approximate surface area is 112 Å². The molecule has 3 N–H and O–H groups in total. The van der Waals surface area contributed by atoms with Crippen LogP contribution in [0.4, 0.5) is 0 Å². The molecule has 1 fully saturated rings. The van der Waals surface area contributed by atoms with Crippen molar-refractivity contribution in [2.24, 2.45) is 17.8 Å². The zero-order valence-electron chi connectivity index (χ0n) is 10.9. The maximum Gasteiger partial charge on any atom is 0.307 e. The molecule has 4 atom stereocenters. The van der Waals surface area contributed by atoms with E-state index in [-0.39, 0.29) is 12.0 Å². The van der Waals surface area contributed by atoms with Gasteiger partial charge in [-0.3, -0.25) is 9.59 Å². The highest BCUT2D eigenvalue weighted by Crippen LogP contribution is 2.27. The lowest BCUT2D eigenvalue weighted by atomic mass is 9.82.